The molecule has 0 atom stereocenters. The highest BCUT2D eigenvalue weighted by Gasteiger charge is 2.24. The van der Waals surface area contributed by atoms with Crippen LogP contribution in [0, 0.1) is 10.1 Å². The van der Waals surface area contributed by atoms with Gasteiger partial charge in [0.05, 0.1) is 4.92 Å². The Balaban J connectivity index is 2.98. The molecule has 0 heterocycles. The highest BCUT2D eigenvalue weighted by molar-refractivity contribution is 7.89. The Hall–Kier alpha value is -2.16. The zero-order valence-corrected chi connectivity index (χ0v) is 9.87. The molecule has 0 radical (unpaired) electrons. The minimum absolute atomic E-state index is 0.0731. The second-order valence-corrected chi connectivity index (χ2v) is 4.81. The van der Waals surface area contributed by atoms with Gasteiger partial charge in [-0.3, -0.25) is 10.1 Å². The van der Waals surface area contributed by atoms with E-state index < -0.39 is 25.5 Å². The fourth-order valence-electron chi connectivity index (χ4n) is 1.19. The summed E-state index contributed by atoms with van der Waals surface area (Å²) >= 11 is 0. The number of nitrogens with zero attached hydrogens (tertiary/aromatic N) is 4. The van der Waals surface area contributed by atoms with Crippen molar-refractivity contribution in [3.05, 3.63) is 44.8 Å². The summed E-state index contributed by atoms with van der Waals surface area (Å²) in [7, 11) is -3.99. The lowest BCUT2D eigenvalue weighted by Gasteiger charge is -2.05. The van der Waals surface area contributed by atoms with Crippen molar-refractivity contribution in [2.24, 2.45) is 5.11 Å². The number of azide groups is 1. The van der Waals surface area contributed by atoms with Crippen LogP contribution >= 0.6 is 0 Å². The van der Waals surface area contributed by atoms with Crippen molar-refractivity contribution < 1.29 is 13.3 Å². The normalized spacial score (nSPS) is 10.7. The Morgan fingerprint density at radius 3 is 2.72 bits per heavy atom. The molecule has 96 valence electrons. The molecule has 0 spiro atoms. The topological polar surface area (TPSA) is 138 Å². The number of benzene rings is 1. The maximum absolute atomic E-state index is 11.8. The second kappa shape index (κ2) is 5.96. The first-order valence-corrected chi connectivity index (χ1v) is 6.21. The predicted octanol–water partition coefficient (Wildman–Crippen LogP) is 1.18. The molecule has 9 nitrogen and oxygen atoms in total. The monoisotopic (exact) mass is 271 g/mol. The molecule has 0 amide bonds. The van der Waals surface area contributed by atoms with Gasteiger partial charge >= 0.3 is 0 Å². The lowest BCUT2D eigenvalue weighted by Crippen LogP contribution is -2.26. The predicted molar refractivity (Wildman–Crippen MR) is 62.3 cm³/mol. The quantitative estimate of drug-likeness (QED) is 0.207. The van der Waals surface area contributed by atoms with Gasteiger partial charge in [0.2, 0.25) is 10.0 Å². The smallest absolute Gasteiger partial charge is 0.258 e. The molecule has 0 aromatic heterocycles. The van der Waals surface area contributed by atoms with E-state index in [9.17, 15) is 18.5 Å². The summed E-state index contributed by atoms with van der Waals surface area (Å²) < 4.78 is 25.6. The summed E-state index contributed by atoms with van der Waals surface area (Å²) in [5.41, 5.74) is 7.52. The number of nitro benzene ring substituents is 1. The Morgan fingerprint density at radius 1 is 1.44 bits per heavy atom. The third-order valence-corrected chi connectivity index (χ3v) is 3.43. The van der Waals surface area contributed by atoms with Crippen molar-refractivity contribution in [3.8, 4) is 0 Å². The molecule has 1 rings (SSSR count). The molecular formula is C8H9N5O4S. The van der Waals surface area contributed by atoms with Crippen molar-refractivity contribution in [2.45, 2.75) is 4.90 Å². The molecular weight excluding hydrogens is 262 g/mol. The molecule has 0 bridgehead atoms. The maximum Gasteiger partial charge on any atom is 0.289 e. The van der Waals surface area contributed by atoms with Crippen molar-refractivity contribution in [1.82, 2.24) is 4.72 Å². The van der Waals surface area contributed by atoms with Crippen molar-refractivity contribution in [3.63, 3.8) is 0 Å². The van der Waals surface area contributed by atoms with Gasteiger partial charge in [-0.1, -0.05) is 17.2 Å². The fourth-order valence-corrected chi connectivity index (χ4v) is 2.38. The maximum atomic E-state index is 11.8. The number of rotatable bonds is 6. The average Bonchev–Trinajstić information content (AvgIpc) is 2.35. The molecule has 1 aromatic rings. The van der Waals surface area contributed by atoms with E-state index in [0.29, 0.717) is 0 Å². The minimum atomic E-state index is -3.99. The standard InChI is InChI=1S/C8H9N5O4S/c9-12-10-5-6-11-18(16,17)8-4-2-1-3-7(8)13(14)15/h1-4,11H,5-6H2. The Kier molecular flexibility index (Phi) is 4.60. The molecule has 0 aliphatic heterocycles. The Labute approximate surface area is 102 Å². The van der Waals surface area contributed by atoms with Gasteiger partial charge in [-0.25, -0.2) is 13.1 Å². The first-order valence-electron chi connectivity index (χ1n) is 4.73. The molecule has 0 fully saturated rings. The van der Waals surface area contributed by atoms with Crippen LogP contribution in [0.2, 0.25) is 0 Å². The van der Waals surface area contributed by atoms with E-state index >= 15 is 0 Å². The number of nitro groups is 1. The van der Waals surface area contributed by atoms with E-state index in [0.717, 1.165) is 12.1 Å². The summed E-state index contributed by atoms with van der Waals surface area (Å²) in [6.07, 6.45) is 0. The number of hydrogen-bond acceptors (Lipinski definition) is 5. The van der Waals surface area contributed by atoms with Crippen LogP contribution in [0.15, 0.2) is 34.3 Å². The largest absolute Gasteiger partial charge is 0.289 e. The van der Waals surface area contributed by atoms with Crippen LogP contribution in [0.4, 0.5) is 5.69 Å². The summed E-state index contributed by atoms with van der Waals surface area (Å²) in [6.45, 7) is -0.200. The summed E-state index contributed by atoms with van der Waals surface area (Å²) in [6, 6.07) is 4.99. The molecule has 18 heavy (non-hydrogen) atoms. The lowest BCUT2D eigenvalue weighted by atomic mass is 10.3. The van der Waals surface area contributed by atoms with Crippen LogP contribution in [0.25, 0.3) is 10.4 Å². The highest BCUT2D eigenvalue weighted by Crippen LogP contribution is 2.22. The van der Waals surface area contributed by atoms with Gasteiger partial charge in [-0.15, -0.1) is 0 Å². The zero-order valence-electron chi connectivity index (χ0n) is 9.05. The molecule has 0 unspecified atom stereocenters. The van der Waals surface area contributed by atoms with Crippen LogP contribution in [0.3, 0.4) is 0 Å². The van der Waals surface area contributed by atoms with Crippen LogP contribution < -0.4 is 4.72 Å². The molecule has 1 N–H and O–H groups in total. The minimum Gasteiger partial charge on any atom is -0.258 e. The third-order valence-electron chi connectivity index (χ3n) is 1.92. The molecule has 1 aromatic carbocycles. The molecule has 0 aliphatic rings. The van der Waals surface area contributed by atoms with Crippen molar-refractivity contribution >= 4 is 15.7 Å². The molecule has 0 saturated heterocycles. The molecule has 0 saturated carbocycles. The van der Waals surface area contributed by atoms with Crippen LogP contribution in [0.5, 0.6) is 0 Å². The van der Waals surface area contributed by atoms with Crippen LogP contribution in [-0.2, 0) is 10.0 Å². The number of nitrogens with one attached hydrogen (secondary N) is 1. The number of sulfonamides is 1. The Bertz CT molecular complexity index is 593. The molecule has 0 aliphatic carbocycles. The first-order chi connectivity index (χ1) is 8.49. The van der Waals surface area contributed by atoms with Gasteiger partial charge in [-0.2, -0.15) is 0 Å². The Morgan fingerprint density at radius 2 is 2.11 bits per heavy atom. The highest BCUT2D eigenvalue weighted by atomic mass is 32.2. The first kappa shape index (κ1) is 13.9. The average molecular weight is 271 g/mol. The second-order valence-electron chi connectivity index (χ2n) is 3.08. The van der Waals surface area contributed by atoms with Gasteiger partial charge < -0.3 is 0 Å². The van der Waals surface area contributed by atoms with E-state index in [1.54, 1.807) is 0 Å². The zero-order chi connectivity index (χ0) is 13.6. The van der Waals surface area contributed by atoms with E-state index in [-0.39, 0.29) is 13.1 Å². The number of hydrogen-bond donors (Lipinski definition) is 1. The van der Waals surface area contributed by atoms with E-state index in [2.05, 4.69) is 14.7 Å². The van der Waals surface area contributed by atoms with Crippen molar-refractivity contribution in [2.75, 3.05) is 13.1 Å². The summed E-state index contributed by atoms with van der Waals surface area (Å²) in [5.74, 6) is 0. The van der Waals surface area contributed by atoms with Gasteiger partial charge in [0, 0.05) is 24.1 Å². The van der Waals surface area contributed by atoms with E-state index in [4.69, 9.17) is 5.53 Å². The summed E-state index contributed by atoms with van der Waals surface area (Å²) in [4.78, 5) is 12.0. The number of para-hydroxylation sites is 1. The SMILES string of the molecule is [N-]=[N+]=NCCNS(=O)(=O)c1ccccc1[N+](=O)[O-]. The summed E-state index contributed by atoms with van der Waals surface area (Å²) in [5, 5.41) is 13.8. The fraction of sp³-hybridized carbons (Fsp3) is 0.250. The van der Waals surface area contributed by atoms with Gasteiger partial charge in [-0.05, 0) is 11.6 Å². The van der Waals surface area contributed by atoms with Gasteiger partial charge in [0.1, 0.15) is 0 Å². The van der Waals surface area contributed by atoms with E-state index in [1.165, 1.54) is 12.1 Å². The third kappa shape index (κ3) is 3.42. The van der Waals surface area contributed by atoms with Crippen molar-refractivity contribution in [1.29, 1.82) is 0 Å². The lowest BCUT2D eigenvalue weighted by molar-refractivity contribution is -0.387. The van der Waals surface area contributed by atoms with Crippen LogP contribution in [-0.4, -0.2) is 26.4 Å². The van der Waals surface area contributed by atoms with E-state index in [1.807, 2.05) is 0 Å². The van der Waals surface area contributed by atoms with Gasteiger partial charge in [0.15, 0.2) is 4.90 Å². The van der Waals surface area contributed by atoms with Crippen LogP contribution in [0.1, 0.15) is 0 Å². The molecule has 10 heteroatoms. The van der Waals surface area contributed by atoms with Gasteiger partial charge in [0.25, 0.3) is 5.69 Å².